The van der Waals surface area contributed by atoms with Gasteiger partial charge < -0.3 is 10.4 Å². The molecule has 0 radical (unpaired) electrons. The first kappa shape index (κ1) is 12.2. The molecule has 0 aromatic heterocycles. The van der Waals surface area contributed by atoms with E-state index in [-0.39, 0.29) is 6.61 Å². The van der Waals surface area contributed by atoms with Gasteiger partial charge in [0.05, 0.1) is 0 Å². The van der Waals surface area contributed by atoms with Crippen molar-refractivity contribution < 1.29 is 5.11 Å². The third kappa shape index (κ3) is 4.02. The van der Waals surface area contributed by atoms with Gasteiger partial charge in [0.2, 0.25) is 0 Å². The molecule has 84 valence electrons. The van der Waals surface area contributed by atoms with Crippen molar-refractivity contribution in [3.05, 3.63) is 34.9 Å². The van der Waals surface area contributed by atoms with Crippen molar-refractivity contribution in [1.29, 1.82) is 0 Å². The Balaban J connectivity index is 2.47. The Morgan fingerprint density at radius 1 is 1.27 bits per heavy atom. The molecule has 2 heteroatoms. The molecule has 2 N–H and O–H groups in total. The summed E-state index contributed by atoms with van der Waals surface area (Å²) in [6, 6.07) is 6.90. The molecule has 0 saturated carbocycles. The van der Waals surface area contributed by atoms with Gasteiger partial charge in [-0.15, -0.1) is 0 Å². The summed E-state index contributed by atoms with van der Waals surface area (Å²) < 4.78 is 0. The lowest BCUT2D eigenvalue weighted by Crippen LogP contribution is -2.26. The molecule has 0 spiro atoms. The molecule has 15 heavy (non-hydrogen) atoms. The van der Waals surface area contributed by atoms with Gasteiger partial charge in [0.1, 0.15) is 0 Å². The van der Waals surface area contributed by atoms with Crippen molar-refractivity contribution >= 4 is 0 Å². The first-order chi connectivity index (χ1) is 7.13. The zero-order valence-electron chi connectivity index (χ0n) is 9.88. The van der Waals surface area contributed by atoms with Crippen molar-refractivity contribution in [2.45, 2.75) is 39.8 Å². The molecule has 2 nitrogen and oxygen atoms in total. The summed E-state index contributed by atoms with van der Waals surface area (Å²) in [6.07, 6.45) is 0.810. The Kier molecular flexibility index (Phi) is 4.79. The minimum Gasteiger partial charge on any atom is -0.396 e. The Morgan fingerprint density at radius 2 is 2.00 bits per heavy atom. The second-order valence-corrected chi connectivity index (χ2v) is 4.21. The van der Waals surface area contributed by atoms with E-state index in [1.54, 1.807) is 0 Å². The van der Waals surface area contributed by atoms with Crippen LogP contribution in [0.5, 0.6) is 0 Å². The van der Waals surface area contributed by atoms with Gasteiger partial charge in [-0.1, -0.05) is 18.2 Å². The Bertz CT molecular complexity index is 309. The summed E-state index contributed by atoms with van der Waals surface area (Å²) in [7, 11) is 0. The molecule has 0 aliphatic carbocycles. The quantitative estimate of drug-likeness (QED) is 0.775. The van der Waals surface area contributed by atoms with Crippen LogP contribution in [0.3, 0.4) is 0 Å². The van der Waals surface area contributed by atoms with E-state index in [9.17, 15) is 0 Å². The maximum atomic E-state index is 8.77. The predicted octanol–water partition coefficient (Wildman–Crippen LogP) is 2.16. The zero-order valence-corrected chi connectivity index (χ0v) is 9.88. The minimum absolute atomic E-state index is 0.251. The topological polar surface area (TPSA) is 32.3 Å². The maximum Gasteiger partial charge on any atom is 0.0445 e. The van der Waals surface area contributed by atoms with E-state index < -0.39 is 0 Å². The van der Waals surface area contributed by atoms with Crippen molar-refractivity contribution in [2.75, 3.05) is 6.61 Å². The summed E-state index contributed by atoms with van der Waals surface area (Å²) in [5.41, 5.74) is 3.98. The van der Waals surface area contributed by atoms with Crippen LogP contribution in [0.15, 0.2) is 18.2 Å². The average molecular weight is 207 g/mol. The zero-order chi connectivity index (χ0) is 11.3. The summed E-state index contributed by atoms with van der Waals surface area (Å²) in [5, 5.41) is 12.2. The van der Waals surface area contributed by atoms with Crippen LogP contribution in [0.4, 0.5) is 0 Å². The minimum atomic E-state index is 0.251. The Morgan fingerprint density at radius 3 is 2.60 bits per heavy atom. The van der Waals surface area contributed by atoms with Crippen LogP contribution in [0.2, 0.25) is 0 Å². The molecule has 0 heterocycles. The van der Waals surface area contributed by atoms with Crippen molar-refractivity contribution in [3.63, 3.8) is 0 Å². The molecule has 0 saturated heterocycles. The number of hydrogen-bond acceptors (Lipinski definition) is 2. The predicted molar refractivity (Wildman–Crippen MR) is 63.9 cm³/mol. The molecule has 0 amide bonds. The fourth-order valence-corrected chi connectivity index (χ4v) is 1.50. The summed E-state index contributed by atoms with van der Waals surface area (Å²) in [4.78, 5) is 0. The number of aliphatic hydroxyl groups is 1. The van der Waals surface area contributed by atoms with E-state index in [0.717, 1.165) is 13.0 Å². The maximum absolute atomic E-state index is 8.77. The molecular formula is C13H21NO. The van der Waals surface area contributed by atoms with E-state index in [0.29, 0.717) is 6.04 Å². The molecule has 1 rings (SSSR count). The van der Waals surface area contributed by atoms with Crippen LogP contribution in [0, 0.1) is 13.8 Å². The molecular weight excluding hydrogens is 186 g/mol. The number of aryl methyl sites for hydroxylation is 2. The number of hydrogen-bond donors (Lipinski definition) is 2. The average Bonchev–Trinajstić information content (AvgIpc) is 2.20. The third-order valence-electron chi connectivity index (χ3n) is 2.79. The van der Waals surface area contributed by atoms with Gasteiger partial charge in [-0.3, -0.25) is 0 Å². The Labute approximate surface area is 92.3 Å². The molecule has 1 unspecified atom stereocenters. The van der Waals surface area contributed by atoms with E-state index in [4.69, 9.17) is 5.11 Å². The lowest BCUT2D eigenvalue weighted by atomic mass is 10.1. The molecule has 0 fully saturated rings. The van der Waals surface area contributed by atoms with Gasteiger partial charge in [0, 0.05) is 19.2 Å². The molecule has 0 bridgehead atoms. The highest BCUT2D eigenvalue weighted by atomic mass is 16.3. The second-order valence-electron chi connectivity index (χ2n) is 4.21. The van der Waals surface area contributed by atoms with E-state index in [1.807, 2.05) is 0 Å². The molecule has 1 aromatic rings. The molecule has 0 aliphatic heterocycles. The van der Waals surface area contributed by atoms with Crippen LogP contribution in [0.1, 0.15) is 30.0 Å². The molecule has 1 aromatic carbocycles. The van der Waals surface area contributed by atoms with E-state index in [1.165, 1.54) is 16.7 Å². The van der Waals surface area contributed by atoms with Crippen molar-refractivity contribution in [3.8, 4) is 0 Å². The monoisotopic (exact) mass is 207 g/mol. The summed E-state index contributed by atoms with van der Waals surface area (Å²) in [6.45, 7) is 7.48. The second kappa shape index (κ2) is 5.89. The molecule has 0 aliphatic rings. The van der Waals surface area contributed by atoms with Gasteiger partial charge in [-0.2, -0.15) is 0 Å². The van der Waals surface area contributed by atoms with Crippen LogP contribution < -0.4 is 5.32 Å². The third-order valence-corrected chi connectivity index (χ3v) is 2.79. The number of aliphatic hydroxyl groups excluding tert-OH is 1. The standard InChI is InChI=1S/C13H21NO/c1-10-4-5-13(8-11(10)2)9-14-12(3)6-7-15/h4-5,8,12,14-15H,6-7,9H2,1-3H3. The fourth-order valence-electron chi connectivity index (χ4n) is 1.50. The fraction of sp³-hybridized carbons (Fsp3) is 0.538. The van der Waals surface area contributed by atoms with Crippen LogP contribution in [0.25, 0.3) is 0 Å². The largest absolute Gasteiger partial charge is 0.396 e. The number of rotatable bonds is 5. The first-order valence-corrected chi connectivity index (χ1v) is 5.54. The van der Waals surface area contributed by atoms with Crippen LogP contribution in [-0.4, -0.2) is 17.8 Å². The summed E-state index contributed by atoms with van der Waals surface area (Å²) >= 11 is 0. The summed E-state index contributed by atoms with van der Waals surface area (Å²) in [5.74, 6) is 0. The van der Waals surface area contributed by atoms with Gasteiger partial charge in [0.25, 0.3) is 0 Å². The lowest BCUT2D eigenvalue weighted by molar-refractivity contribution is 0.268. The highest BCUT2D eigenvalue weighted by Gasteiger charge is 2.01. The SMILES string of the molecule is Cc1ccc(CNC(C)CCO)cc1C. The van der Waals surface area contributed by atoms with Crippen LogP contribution >= 0.6 is 0 Å². The van der Waals surface area contributed by atoms with Gasteiger partial charge in [-0.25, -0.2) is 0 Å². The first-order valence-electron chi connectivity index (χ1n) is 5.54. The van der Waals surface area contributed by atoms with Crippen molar-refractivity contribution in [1.82, 2.24) is 5.32 Å². The highest BCUT2D eigenvalue weighted by molar-refractivity contribution is 5.29. The van der Waals surface area contributed by atoms with Gasteiger partial charge >= 0.3 is 0 Å². The normalized spacial score (nSPS) is 12.8. The van der Waals surface area contributed by atoms with E-state index in [2.05, 4.69) is 44.3 Å². The molecule has 1 atom stereocenters. The van der Waals surface area contributed by atoms with Crippen LogP contribution in [-0.2, 0) is 6.54 Å². The number of nitrogens with one attached hydrogen (secondary N) is 1. The number of benzene rings is 1. The lowest BCUT2D eigenvalue weighted by Gasteiger charge is -2.13. The van der Waals surface area contributed by atoms with Gasteiger partial charge in [0.15, 0.2) is 0 Å². The Hall–Kier alpha value is -0.860. The van der Waals surface area contributed by atoms with Crippen molar-refractivity contribution in [2.24, 2.45) is 0 Å². The van der Waals surface area contributed by atoms with Gasteiger partial charge in [-0.05, 0) is 43.9 Å². The van der Waals surface area contributed by atoms with E-state index >= 15 is 0 Å². The smallest absolute Gasteiger partial charge is 0.0445 e. The highest BCUT2D eigenvalue weighted by Crippen LogP contribution is 2.09.